The molecule has 0 saturated heterocycles. The van der Waals surface area contributed by atoms with Crippen LogP contribution in [-0.4, -0.2) is 44.1 Å². The van der Waals surface area contributed by atoms with Crippen LogP contribution in [0.5, 0.6) is 0 Å². The maximum atomic E-state index is 13.5. The Morgan fingerprint density at radius 3 is 2.57 bits per heavy atom. The Morgan fingerprint density at radius 2 is 1.86 bits per heavy atom. The summed E-state index contributed by atoms with van der Waals surface area (Å²) in [5.74, 6) is 0.508. The Bertz CT molecular complexity index is 1550. The van der Waals surface area contributed by atoms with E-state index in [1.807, 2.05) is 37.3 Å². The molecule has 192 valence electrons. The van der Waals surface area contributed by atoms with E-state index in [0.29, 0.717) is 21.9 Å². The van der Waals surface area contributed by atoms with E-state index in [1.54, 1.807) is 15.4 Å². The Balaban J connectivity index is 1.38. The minimum atomic E-state index is -0.260. The van der Waals surface area contributed by atoms with Gasteiger partial charge in [0, 0.05) is 36.6 Å². The average molecular weight is 517 g/mol. The molecular weight excluding hydrogens is 484 g/mol. The molecule has 0 spiro atoms. The maximum absolute atomic E-state index is 13.5. The maximum Gasteiger partial charge on any atom is 0.265 e. The van der Waals surface area contributed by atoms with E-state index in [9.17, 15) is 9.59 Å². The molecule has 8 nitrogen and oxygen atoms in total. The highest BCUT2D eigenvalue weighted by molar-refractivity contribution is 7.99. The third-order valence-electron chi connectivity index (χ3n) is 7.14. The van der Waals surface area contributed by atoms with Gasteiger partial charge in [-0.1, -0.05) is 17.8 Å². The number of nitrogens with zero attached hydrogens (tertiary/aromatic N) is 5. The van der Waals surface area contributed by atoms with Crippen LogP contribution in [-0.2, 0) is 4.79 Å². The van der Waals surface area contributed by atoms with Gasteiger partial charge in [-0.05, 0) is 81.6 Å². The lowest BCUT2D eigenvalue weighted by Crippen LogP contribution is -2.28. The van der Waals surface area contributed by atoms with Crippen molar-refractivity contribution in [1.82, 2.24) is 19.3 Å². The van der Waals surface area contributed by atoms with Gasteiger partial charge in [0.15, 0.2) is 10.8 Å². The van der Waals surface area contributed by atoms with E-state index in [1.165, 1.54) is 17.3 Å². The second kappa shape index (κ2) is 10.0. The predicted molar refractivity (Wildman–Crippen MR) is 150 cm³/mol. The standard InChI is InChI=1S/C28H32N6O2S/c1-6-32(7-2)20-10-11-24(19(5)13-20)30-25(35)14-22-16-37-28-31-26-23(27(36)33(22)28)15-29-34(26)21-9-8-17(3)18(4)12-21/h8-13,15,22H,6-7,14,16H2,1-5H3,(H,30,35). The zero-order valence-electron chi connectivity index (χ0n) is 21.9. The van der Waals surface area contributed by atoms with Crippen molar-refractivity contribution in [3.8, 4) is 5.69 Å². The molecule has 2 aromatic carbocycles. The zero-order valence-corrected chi connectivity index (χ0v) is 22.7. The lowest BCUT2D eigenvalue weighted by molar-refractivity contribution is -0.116. The van der Waals surface area contributed by atoms with Crippen LogP contribution in [0.3, 0.4) is 0 Å². The van der Waals surface area contributed by atoms with Gasteiger partial charge >= 0.3 is 0 Å². The molecule has 1 N–H and O–H groups in total. The number of nitrogens with one attached hydrogen (secondary N) is 1. The minimum Gasteiger partial charge on any atom is -0.372 e. The van der Waals surface area contributed by atoms with Gasteiger partial charge in [0.1, 0.15) is 5.39 Å². The second-order valence-corrected chi connectivity index (χ2v) is 10.5. The van der Waals surface area contributed by atoms with Crippen LogP contribution in [0.2, 0.25) is 0 Å². The number of carbonyl (C=O) groups is 1. The molecule has 4 aromatic rings. The van der Waals surface area contributed by atoms with Crippen molar-refractivity contribution in [2.75, 3.05) is 29.1 Å². The number of aryl methyl sites for hydroxylation is 3. The van der Waals surface area contributed by atoms with Crippen LogP contribution in [0, 0.1) is 20.8 Å². The second-order valence-electron chi connectivity index (χ2n) is 9.52. The van der Waals surface area contributed by atoms with E-state index < -0.39 is 0 Å². The van der Waals surface area contributed by atoms with Gasteiger partial charge in [0.25, 0.3) is 5.56 Å². The molecule has 5 rings (SSSR count). The zero-order chi connectivity index (χ0) is 26.3. The summed E-state index contributed by atoms with van der Waals surface area (Å²) >= 11 is 1.50. The van der Waals surface area contributed by atoms with Crippen LogP contribution in [0.25, 0.3) is 16.7 Å². The van der Waals surface area contributed by atoms with Gasteiger partial charge in [0.2, 0.25) is 5.91 Å². The summed E-state index contributed by atoms with van der Waals surface area (Å²) in [5.41, 5.74) is 6.55. The van der Waals surface area contributed by atoms with Crippen LogP contribution < -0.4 is 15.8 Å². The summed E-state index contributed by atoms with van der Waals surface area (Å²) in [6.45, 7) is 12.2. The molecule has 2 aromatic heterocycles. The number of anilines is 2. The first kappa shape index (κ1) is 25.1. The quantitative estimate of drug-likeness (QED) is 0.347. The van der Waals surface area contributed by atoms with Crippen LogP contribution in [0.15, 0.2) is 52.5 Å². The van der Waals surface area contributed by atoms with Gasteiger partial charge in [-0.3, -0.25) is 14.2 Å². The number of carbonyl (C=O) groups excluding carboxylic acids is 1. The largest absolute Gasteiger partial charge is 0.372 e. The summed E-state index contributed by atoms with van der Waals surface area (Å²) in [5, 5.41) is 8.59. The molecule has 1 aliphatic heterocycles. The van der Waals surface area contributed by atoms with Gasteiger partial charge in [-0.15, -0.1) is 0 Å². The van der Waals surface area contributed by atoms with Crippen LogP contribution in [0.1, 0.15) is 43.0 Å². The molecule has 1 atom stereocenters. The molecule has 0 aliphatic carbocycles. The lowest BCUT2D eigenvalue weighted by atomic mass is 10.1. The number of benzene rings is 2. The smallest absolute Gasteiger partial charge is 0.265 e. The SMILES string of the molecule is CCN(CC)c1ccc(NC(=O)CC2CSc3nc4c(cnn4-c4ccc(C)c(C)c4)c(=O)n32)c(C)c1. The normalized spacial score (nSPS) is 14.7. The van der Waals surface area contributed by atoms with Crippen molar-refractivity contribution in [2.45, 2.75) is 52.2 Å². The van der Waals surface area contributed by atoms with E-state index in [0.717, 1.165) is 41.3 Å². The first-order valence-corrected chi connectivity index (χ1v) is 13.6. The Kier molecular flexibility index (Phi) is 6.81. The fraction of sp³-hybridized carbons (Fsp3) is 0.357. The fourth-order valence-electron chi connectivity index (χ4n) is 4.82. The number of amides is 1. The monoisotopic (exact) mass is 516 g/mol. The van der Waals surface area contributed by atoms with Crippen molar-refractivity contribution in [3.05, 3.63) is 69.6 Å². The lowest BCUT2D eigenvalue weighted by Gasteiger charge is -2.22. The number of hydrogen-bond acceptors (Lipinski definition) is 6. The molecule has 3 heterocycles. The van der Waals surface area contributed by atoms with Crippen molar-refractivity contribution >= 4 is 40.1 Å². The van der Waals surface area contributed by atoms with E-state index in [-0.39, 0.29) is 23.9 Å². The highest BCUT2D eigenvalue weighted by Gasteiger charge is 2.29. The fourth-order valence-corrected chi connectivity index (χ4v) is 5.95. The number of hydrogen-bond donors (Lipinski definition) is 1. The Labute approximate surface area is 220 Å². The molecular formula is C28H32N6O2S. The van der Waals surface area contributed by atoms with Gasteiger partial charge in [0.05, 0.1) is 17.9 Å². The highest BCUT2D eigenvalue weighted by Crippen LogP contribution is 2.34. The number of thioether (sulfide) groups is 1. The molecule has 0 bridgehead atoms. The molecule has 0 radical (unpaired) electrons. The Morgan fingerprint density at radius 1 is 1.08 bits per heavy atom. The molecule has 1 aliphatic rings. The third kappa shape index (κ3) is 4.64. The van der Waals surface area contributed by atoms with Gasteiger partial charge in [-0.2, -0.15) is 5.10 Å². The summed E-state index contributed by atoms with van der Waals surface area (Å²) < 4.78 is 3.38. The number of aromatic nitrogens is 4. The summed E-state index contributed by atoms with van der Waals surface area (Å²) in [4.78, 5) is 33.5. The van der Waals surface area contributed by atoms with Gasteiger partial charge in [-0.25, -0.2) is 9.67 Å². The number of rotatable bonds is 7. The Hall–Kier alpha value is -3.59. The summed E-state index contributed by atoms with van der Waals surface area (Å²) in [7, 11) is 0. The van der Waals surface area contributed by atoms with Gasteiger partial charge < -0.3 is 10.2 Å². The molecule has 0 saturated carbocycles. The number of fused-ring (bicyclic) bond motifs is 2. The molecule has 1 unspecified atom stereocenters. The summed E-state index contributed by atoms with van der Waals surface area (Å²) in [6.07, 6.45) is 1.78. The van der Waals surface area contributed by atoms with Crippen molar-refractivity contribution in [3.63, 3.8) is 0 Å². The summed E-state index contributed by atoms with van der Waals surface area (Å²) in [6, 6.07) is 11.9. The van der Waals surface area contributed by atoms with Crippen LogP contribution in [0.4, 0.5) is 11.4 Å². The minimum absolute atomic E-state index is 0.116. The molecule has 1 amide bonds. The van der Waals surface area contributed by atoms with Crippen molar-refractivity contribution in [2.24, 2.45) is 0 Å². The average Bonchev–Trinajstić information content (AvgIpc) is 3.48. The molecule has 0 fully saturated rings. The molecule has 9 heteroatoms. The molecule has 37 heavy (non-hydrogen) atoms. The highest BCUT2D eigenvalue weighted by atomic mass is 32.2. The van der Waals surface area contributed by atoms with E-state index in [4.69, 9.17) is 4.98 Å². The van der Waals surface area contributed by atoms with E-state index >= 15 is 0 Å². The first-order valence-electron chi connectivity index (χ1n) is 12.7. The van der Waals surface area contributed by atoms with Crippen molar-refractivity contribution < 1.29 is 4.79 Å². The first-order chi connectivity index (χ1) is 17.8. The van der Waals surface area contributed by atoms with Crippen molar-refractivity contribution in [1.29, 1.82) is 0 Å². The predicted octanol–water partition coefficient (Wildman–Crippen LogP) is 5.03. The van der Waals surface area contributed by atoms with Crippen LogP contribution >= 0.6 is 11.8 Å². The third-order valence-corrected chi connectivity index (χ3v) is 8.24. The topological polar surface area (TPSA) is 85.1 Å². The van der Waals surface area contributed by atoms with E-state index in [2.05, 4.69) is 49.1 Å².